The highest BCUT2D eigenvalue weighted by Gasteiger charge is 2.11. The van der Waals surface area contributed by atoms with E-state index >= 15 is 0 Å². The number of rotatable bonds is 5. The Morgan fingerprint density at radius 1 is 1.14 bits per heavy atom. The summed E-state index contributed by atoms with van der Waals surface area (Å²) in [6, 6.07) is 16.9. The summed E-state index contributed by atoms with van der Waals surface area (Å²) in [6.45, 7) is 1.71. The molecule has 0 fully saturated rings. The highest BCUT2D eigenvalue weighted by atomic mass is 32.1. The van der Waals surface area contributed by atoms with Crippen LogP contribution in [0.3, 0.4) is 0 Å². The number of fused-ring (bicyclic) bond motifs is 1. The first-order valence-electron chi connectivity index (χ1n) is 8.66. The van der Waals surface area contributed by atoms with Gasteiger partial charge >= 0.3 is 5.97 Å². The van der Waals surface area contributed by atoms with Crippen LogP contribution in [-0.4, -0.2) is 28.5 Å². The van der Waals surface area contributed by atoms with Gasteiger partial charge < -0.3 is 15.0 Å². The molecule has 6 nitrogen and oxygen atoms in total. The number of ether oxygens (including phenoxy) is 1. The second kappa shape index (κ2) is 7.66. The second-order valence-corrected chi connectivity index (χ2v) is 7.31. The van der Waals surface area contributed by atoms with Gasteiger partial charge in [0.05, 0.1) is 10.2 Å². The number of aromatic nitrogens is 2. The van der Waals surface area contributed by atoms with Crippen molar-refractivity contribution in [2.45, 2.75) is 6.92 Å². The van der Waals surface area contributed by atoms with E-state index in [0.29, 0.717) is 11.4 Å². The molecule has 7 heteroatoms. The van der Waals surface area contributed by atoms with Gasteiger partial charge in [-0.15, -0.1) is 11.3 Å². The summed E-state index contributed by atoms with van der Waals surface area (Å²) >= 11 is 1.64. The minimum atomic E-state index is -0.568. The average Bonchev–Trinajstić information content (AvgIpc) is 3.36. The number of hydrogen-bond acceptors (Lipinski definition) is 5. The Morgan fingerprint density at radius 3 is 2.71 bits per heavy atom. The van der Waals surface area contributed by atoms with E-state index in [2.05, 4.69) is 28.3 Å². The van der Waals surface area contributed by atoms with E-state index in [4.69, 9.17) is 4.74 Å². The number of thiazole rings is 1. The number of H-pyrrole nitrogens is 1. The molecule has 2 N–H and O–H groups in total. The van der Waals surface area contributed by atoms with Crippen LogP contribution in [0.25, 0.3) is 20.8 Å². The number of nitrogens with one attached hydrogen (secondary N) is 2. The van der Waals surface area contributed by atoms with E-state index in [0.717, 1.165) is 20.8 Å². The van der Waals surface area contributed by atoms with E-state index in [9.17, 15) is 9.59 Å². The minimum absolute atomic E-state index is 0.309. The van der Waals surface area contributed by atoms with Crippen molar-refractivity contribution in [2.24, 2.45) is 0 Å². The van der Waals surface area contributed by atoms with E-state index in [1.807, 2.05) is 24.3 Å². The predicted molar refractivity (Wildman–Crippen MR) is 109 cm³/mol. The van der Waals surface area contributed by atoms with Crippen molar-refractivity contribution in [3.8, 4) is 10.6 Å². The average molecular weight is 391 g/mol. The van der Waals surface area contributed by atoms with Crippen molar-refractivity contribution in [1.29, 1.82) is 0 Å². The number of nitrogens with zero attached hydrogens (tertiary/aromatic N) is 1. The summed E-state index contributed by atoms with van der Waals surface area (Å²) in [5, 5.41) is 3.64. The summed E-state index contributed by atoms with van der Waals surface area (Å²) in [7, 11) is 0. The summed E-state index contributed by atoms with van der Waals surface area (Å²) in [4.78, 5) is 31.1. The molecule has 4 aromatic rings. The van der Waals surface area contributed by atoms with E-state index in [1.165, 1.54) is 5.56 Å². The van der Waals surface area contributed by atoms with Crippen molar-refractivity contribution < 1.29 is 14.3 Å². The molecule has 0 aliphatic rings. The maximum Gasteiger partial charge on any atom is 0.355 e. The summed E-state index contributed by atoms with van der Waals surface area (Å²) in [6.07, 6.45) is 1.62. The predicted octanol–water partition coefficient (Wildman–Crippen LogP) is 4.40. The monoisotopic (exact) mass is 391 g/mol. The maximum absolute atomic E-state index is 12.0. The van der Waals surface area contributed by atoms with Crippen molar-refractivity contribution in [3.63, 3.8) is 0 Å². The van der Waals surface area contributed by atoms with Gasteiger partial charge in [-0.2, -0.15) is 0 Å². The van der Waals surface area contributed by atoms with Crippen LogP contribution < -0.4 is 5.32 Å². The number of aromatic amines is 1. The van der Waals surface area contributed by atoms with Gasteiger partial charge in [-0.1, -0.05) is 6.07 Å². The zero-order valence-corrected chi connectivity index (χ0v) is 15.9. The maximum atomic E-state index is 12.0. The topological polar surface area (TPSA) is 84.1 Å². The summed E-state index contributed by atoms with van der Waals surface area (Å²) < 4.78 is 6.12. The third-order valence-electron chi connectivity index (χ3n) is 4.11. The smallest absolute Gasteiger partial charge is 0.355 e. The molecular weight excluding hydrogens is 374 g/mol. The van der Waals surface area contributed by atoms with Crippen molar-refractivity contribution in [1.82, 2.24) is 9.97 Å². The molecule has 0 radical (unpaired) electrons. The SMILES string of the molecule is Cc1ccc2nc(-c3ccc(NC(=O)COC(=O)c4ccc[nH]4)cc3)sc2c1. The Bertz CT molecular complexity index is 1130. The van der Waals surface area contributed by atoms with Gasteiger partial charge in [-0.25, -0.2) is 9.78 Å². The van der Waals surface area contributed by atoms with Crippen LogP contribution in [0.1, 0.15) is 16.1 Å². The fourth-order valence-electron chi connectivity index (χ4n) is 2.71. The third-order valence-corrected chi connectivity index (χ3v) is 5.18. The van der Waals surface area contributed by atoms with Gasteiger partial charge in [0.2, 0.25) is 0 Å². The second-order valence-electron chi connectivity index (χ2n) is 6.28. The number of anilines is 1. The van der Waals surface area contributed by atoms with Gasteiger partial charge in [0.15, 0.2) is 6.61 Å². The van der Waals surface area contributed by atoms with Gasteiger partial charge in [0, 0.05) is 17.4 Å². The lowest BCUT2D eigenvalue weighted by Gasteiger charge is -2.06. The number of aryl methyl sites for hydroxylation is 1. The normalized spacial score (nSPS) is 10.8. The van der Waals surface area contributed by atoms with E-state index in [-0.39, 0.29) is 6.61 Å². The molecule has 0 aliphatic heterocycles. The molecule has 0 saturated heterocycles. The Kier molecular flexibility index (Phi) is 4.90. The van der Waals surface area contributed by atoms with Crippen molar-refractivity contribution in [3.05, 3.63) is 72.1 Å². The first kappa shape index (κ1) is 17.9. The Balaban J connectivity index is 1.38. The number of amides is 1. The van der Waals surface area contributed by atoms with Crippen LogP contribution in [0.5, 0.6) is 0 Å². The first-order valence-corrected chi connectivity index (χ1v) is 9.48. The molecule has 0 atom stereocenters. The molecule has 0 saturated carbocycles. The standard InChI is InChI=1S/C21H17N3O3S/c1-13-4-9-16-18(11-13)28-20(24-16)14-5-7-15(8-6-14)23-19(25)12-27-21(26)17-3-2-10-22-17/h2-11,22H,12H2,1H3,(H,23,25). The molecule has 2 heterocycles. The molecule has 4 rings (SSSR count). The van der Waals surface area contributed by atoms with Crippen LogP contribution in [0.2, 0.25) is 0 Å². The largest absolute Gasteiger partial charge is 0.451 e. The molecule has 0 unspecified atom stereocenters. The van der Waals surface area contributed by atoms with Crippen LogP contribution in [0.15, 0.2) is 60.8 Å². The fraction of sp³-hybridized carbons (Fsp3) is 0.0952. The zero-order valence-electron chi connectivity index (χ0n) is 15.1. The lowest BCUT2D eigenvalue weighted by atomic mass is 10.2. The quantitative estimate of drug-likeness (QED) is 0.494. The molecule has 1 amide bonds. The zero-order chi connectivity index (χ0) is 19.5. The van der Waals surface area contributed by atoms with Gasteiger partial charge in [-0.3, -0.25) is 4.79 Å². The Labute approximate surface area is 165 Å². The highest BCUT2D eigenvalue weighted by molar-refractivity contribution is 7.21. The number of hydrogen-bond donors (Lipinski definition) is 2. The molecule has 2 aromatic carbocycles. The number of carbonyl (C=O) groups excluding carboxylic acids is 2. The van der Waals surface area contributed by atoms with Crippen molar-refractivity contribution in [2.75, 3.05) is 11.9 Å². The lowest BCUT2D eigenvalue weighted by Crippen LogP contribution is -2.21. The number of benzene rings is 2. The molecule has 28 heavy (non-hydrogen) atoms. The Morgan fingerprint density at radius 2 is 1.96 bits per heavy atom. The molecule has 2 aromatic heterocycles. The third kappa shape index (κ3) is 3.94. The molecule has 0 aliphatic carbocycles. The highest BCUT2D eigenvalue weighted by Crippen LogP contribution is 2.31. The van der Waals surface area contributed by atoms with Crippen LogP contribution in [0, 0.1) is 6.92 Å². The van der Waals surface area contributed by atoms with Gasteiger partial charge in [0.1, 0.15) is 10.7 Å². The minimum Gasteiger partial charge on any atom is -0.451 e. The number of carbonyl (C=O) groups is 2. The molecule has 0 bridgehead atoms. The van der Waals surface area contributed by atoms with Crippen LogP contribution in [0.4, 0.5) is 5.69 Å². The summed E-state index contributed by atoms with van der Waals surface area (Å²) in [5.41, 5.74) is 4.10. The first-order chi connectivity index (χ1) is 13.6. The van der Waals surface area contributed by atoms with E-state index < -0.39 is 11.9 Å². The summed E-state index contributed by atoms with van der Waals surface area (Å²) in [5.74, 6) is -0.968. The Hall–Kier alpha value is -3.45. The molecule has 140 valence electrons. The van der Waals surface area contributed by atoms with Crippen molar-refractivity contribution >= 4 is 39.1 Å². The van der Waals surface area contributed by atoms with Crippen LogP contribution in [-0.2, 0) is 9.53 Å². The van der Waals surface area contributed by atoms with Crippen LogP contribution >= 0.6 is 11.3 Å². The van der Waals surface area contributed by atoms with E-state index in [1.54, 1.807) is 41.8 Å². The van der Waals surface area contributed by atoms with Gasteiger partial charge in [0.25, 0.3) is 5.91 Å². The molecular formula is C21H17N3O3S. The van der Waals surface area contributed by atoms with Gasteiger partial charge in [-0.05, 0) is 61.0 Å². The lowest BCUT2D eigenvalue weighted by molar-refractivity contribution is -0.119. The number of esters is 1. The fourth-order valence-corrected chi connectivity index (χ4v) is 3.78. The molecule has 0 spiro atoms.